The number of carbonyl (C=O) groups is 1. The van der Waals surface area contributed by atoms with Crippen molar-refractivity contribution in [3.63, 3.8) is 0 Å². The molecule has 0 bridgehead atoms. The van der Waals surface area contributed by atoms with E-state index < -0.39 is 5.60 Å². The highest BCUT2D eigenvalue weighted by atomic mass is 16.6. The van der Waals surface area contributed by atoms with Gasteiger partial charge in [-0.2, -0.15) is 0 Å². The van der Waals surface area contributed by atoms with Gasteiger partial charge in [-0.05, 0) is 52.9 Å². The van der Waals surface area contributed by atoms with Crippen LogP contribution in [0.15, 0.2) is 0 Å². The first-order valence-electron chi connectivity index (χ1n) is 6.97. The fraction of sp³-hybridized carbons (Fsp3) is 0.929. The highest BCUT2D eigenvalue weighted by Gasteiger charge is 2.41. The third kappa shape index (κ3) is 3.69. The molecule has 4 heteroatoms. The van der Waals surface area contributed by atoms with Gasteiger partial charge in [0.25, 0.3) is 0 Å². The molecule has 0 unspecified atom stereocenters. The molecule has 1 aliphatic carbocycles. The van der Waals surface area contributed by atoms with Gasteiger partial charge in [0.05, 0.1) is 6.10 Å². The molecule has 0 amide bonds. The summed E-state index contributed by atoms with van der Waals surface area (Å²) >= 11 is 0. The predicted octanol–water partition coefficient (Wildman–Crippen LogP) is 1.87. The van der Waals surface area contributed by atoms with Crippen molar-refractivity contribution in [3.8, 4) is 0 Å². The summed E-state index contributed by atoms with van der Waals surface area (Å²) < 4.78 is 11.1. The maximum absolute atomic E-state index is 11.9. The Bertz CT molecular complexity index is 307. The lowest BCUT2D eigenvalue weighted by atomic mass is 10.1. The second kappa shape index (κ2) is 5.17. The summed E-state index contributed by atoms with van der Waals surface area (Å²) in [6, 6.07) is 0.0391. The van der Waals surface area contributed by atoms with Crippen molar-refractivity contribution in [2.24, 2.45) is 5.92 Å². The van der Waals surface area contributed by atoms with E-state index in [9.17, 15) is 4.79 Å². The van der Waals surface area contributed by atoms with E-state index in [1.165, 1.54) is 12.8 Å². The van der Waals surface area contributed by atoms with Gasteiger partial charge in [0, 0.05) is 12.6 Å². The molecule has 0 radical (unpaired) electrons. The summed E-state index contributed by atoms with van der Waals surface area (Å²) in [5.74, 6) is 0.528. The lowest BCUT2D eigenvalue weighted by molar-refractivity contribution is -0.157. The number of hydrogen-bond acceptors (Lipinski definition) is 4. The summed E-state index contributed by atoms with van der Waals surface area (Å²) in [6.07, 6.45) is 3.83. The Hall–Kier alpha value is -0.610. The normalized spacial score (nSPS) is 30.2. The second-order valence-corrected chi connectivity index (χ2v) is 6.49. The first-order chi connectivity index (χ1) is 8.37. The SMILES string of the molecule is C[C@H](N[C@@H]1CCO[C@H]1C1CC1)C(=O)OC(C)(C)C. The van der Waals surface area contributed by atoms with Gasteiger partial charge in [-0.3, -0.25) is 10.1 Å². The monoisotopic (exact) mass is 255 g/mol. The second-order valence-electron chi connectivity index (χ2n) is 6.49. The van der Waals surface area contributed by atoms with Crippen LogP contribution in [0, 0.1) is 5.92 Å². The highest BCUT2D eigenvalue weighted by molar-refractivity contribution is 5.75. The highest BCUT2D eigenvalue weighted by Crippen LogP contribution is 2.38. The molecule has 1 saturated carbocycles. The Morgan fingerprint density at radius 3 is 2.56 bits per heavy atom. The first kappa shape index (κ1) is 13.8. The number of hydrogen-bond donors (Lipinski definition) is 1. The van der Waals surface area contributed by atoms with Crippen molar-refractivity contribution >= 4 is 5.97 Å². The molecule has 2 fully saturated rings. The average Bonchev–Trinajstić information content (AvgIpc) is 2.97. The van der Waals surface area contributed by atoms with E-state index in [1.807, 2.05) is 27.7 Å². The molecular weight excluding hydrogens is 230 g/mol. The summed E-state index contributed by atoms with van der Waals surface area (Å²) in [5, 5.41) is 3.37. The van der Waals surface area contributed by atoms with E-state index in [2.05, 4.69) is 5.32 Å². The zero-order valence-electron chi connectivity index (χ0n) is 11.9. The smallest absolute Gasteiger partial charge is 0.323 e. The molecule has 2 aliphatic rings. The fourth-order valence-electron chi connectivity index (χ4n) is 2.46. The molecule has 18 heavy (non-hydrogen) atoms. The number of carbonyl (C=O) groups excluding carboxylic acids is 1. The molecule has 0 aromatic carbocycles. The van der Waals surface area contributed by atoms with Crippen LogP contribution < -0.4 is 5.32 Å². The zero-order valence-corrected chi connectivity index (χ0v) is 11.9. The Labute approximate surface area is 109 Å². The topological polar surface area (TPSA) is 47.6 Å². The predicted molar refractivity (Wildman–Crippen MR) is 69.3 cm³/mol. The molecule has 1 N–H and O–H groups in total. The lowest BCUT2D eigenvalue weighted by Gasteiger charge is -2.26. The van der Waals surface area contributed by atoms with Gasteiger partial charge in [0.15, 0.2) is 0 Å². The van der Waals surface area contributed by atoms with Gasteiger partial charge < -0.3 is 9.47 Å². The van der Waals surface area contributed by atoms with Crippen molar-refractivity contribution in [3.05, 3.63) is 0 Å². The molecule has 0 aromatic heterocycles. The van der Waals surface area contributed by atoms with E-state index in [1.54, 1.807) is 0 Å². The van der Waals surface area contributed by atoms with Crippen LogP contribution in [0.1, 0.15) is 47.0 Å². The number of nitrogens with one attached hydrogen (secondary N) is 1. The van der Waals surface area contributed by atoms with Gasteiger partial charge in [-0.15, -0.1) is 0 Å². The van der Waals surface area contributed by atoms with E-state index in [4.69, 9.17) is 9.47 Å². The zero-order chi connectivity index (χ0) is 13.3. The van der Waals surface area contributed by atoms with E-state index in [0.717, 1.165) is 13.0 Å². The minimum absolute atomic E-state index is 0.177. The van der Waals surface area contributed by atoms with Crippen LogP contribution in [-0.2, 0) is 14.3 Å². The molecule has 0 spiro atoms. The summed E-state index contributed by atoms with van der Waals surface area (Å²) in [5.41, 5.74) is -0.422. The molecule has 1 heterocycles. The van der Waals surface area contributed by atoms with E-state index in [-0.39, 0.29) is 12.0 Å². The molecule has 3 atom stereocenters. The number of esters is 1. The molecule has 0 aromatic rings. The maximum atomic E-state index is 11.9. The van der Waals surface area contributed by atoms with E-state index >= 15 is 0 Å². The van der Waals surface area contributed by atoms with E-state index in [0.29, 0.717) is 18.1 Å². The fourth-order valence-corrected chi connectivity index (χ4v) is 2.46. The van der Waals surface area contributed by atoms with Gasteiger partial charge >= 0.3 is 5.97 Å². The van der Waals surface area contributed by atoms with Crippen LogP contribution in [0.4, 0.5) is 0 Å². The lowest BCUT2D eigenvalue weighted by Crippen LogP contribution is -2.47. The Morgan fingerprint density at radius 1 is 1.33 bits per heavy atom. The summed E-state index contributed by atoms with van der Waals surface area (Å²) in [7, 11) is 0. The molecule has 1 saturated heterocycles. The first-order valence-corrected chi connectivity index (χ1v) is 6.97. The van der Waals surface area contributed by atoms with Crippen molar-refractivity contribution in [1.29, 1.82) is 0 Å². The largest absolute Gasteiger partial charge is 0.459 e. The average molecular weight is 255 g/mol. The maximum Gasteiger partial charge on any atom is 0.323 e. The van der Waals surface area contributed by atoms with Gasteiger partial charge in [-0.1, -0.05) is 0 Å². The van der Waals surface area contributed by atoms with Crippen LogP contribution >= 0.6 is 0 Å². The van der Waals surface area contributed by atoms with Crippen LogP contribution in [-0.4, -0.2) is 36.4 Å². The standard InChI is InChI=1S/C14H25NO3/c1-9(13(16)18-14(2,3)4)15-11-7-8-17-12(11)10-5-6-10/h9-12,15H,5-8H2,1-4H3/t9-,11+,12-/m0/s1. The number of ether oxygens (including phenoxy) is 2. The summed E-state index contributed by atoms with van der Waals surface area (Å²) in [6.45, 7) is 8.35. The Balaban J connectivity index is 1.82. The van der Waals surface area contributed by atoms with Crippen LogP contribution in [0.5, 0.6) is 0 Å². The third-order valence-electron chi connectivity index (χ3n) is 3.45. The van der Waals surface area contributed by atoms with Crippen molar-refractivity contribution in [1.82, 2.24) is 5.32 Å². The third-order valence-corrected chi connectivity index (χ3v) is 3.45. The van der Waals surface area contributed by atoms with Gasteiger partial charge in [0.1, 0.15) is 11.6 Å². The van der Waals surface area contributed by atoms with Crippen molar-refractivity contribution in [2.45, 2.75) is 70.7 Å². The molecule has 104 valence electrons. The Kier molecular flexibility index (Phi) is 3.97. The van der Waals surface area contributed by atoms with Crippen molar-refractivity contribution < 1.29 is 14.3 Å². The molecular formula is C14H25NO3. The molecule has 1 aliphatic heterocycles. The minimum atomic E-state index is -0.422. The van der Waals surface area contributed by atoms with Crippen LogP contribution in [0.3, 0.4) is 0 Å². The van der Waals surface area contributed by atoms with Gasteiger partial charge in [0.2, 0.25) is 0 Å². The molecule has 4 nitrogen and oxygen atoms in total. The summed E-state index contributed by atoms with van der Waals surface area (Å²) in [4.78, 5) is 11.9. The van der Waals surface area contributed by atoms with Crippen molar-refractivity contribution in [2.75, 3.05) is 6.61 Å². The van der Waals surface area contributed by atoms with Crippen LogP contribution in [0.25, 0.3) is 0 Å². The van der Waals surface area contributed by atoms with Gasteiger partial charge in [-0.25, -0.2) is 0 Å². The minimum Gasteiger partial charge on any atom is -0.459 e. The number of rotatable bonds is 4. The Morgan fingerprint density at radius 2 is 2.00 bits per heavy atom. The quantitative estimate of drug-likeness (QED) is 0.779. The van der Waals surface area contributed by atoms with Crippen LogP contribution in [0.2, 0.25) is 0 Å². The molecule has 2 rings (SSSR count).